The summed E-state index contributed by atoms with van der Waals surface area (Å²) in [5, 5.41) is 17.4. The van der Waals surface area contributed by atoms with Crippen LogP contribution in [0.4, 0.5) is 0 Å². The molecule has 1 aromatic carbocycles. The number of rotatable bonds is 1. The molecule has 1 rings (SSSR count). The third-order valence-corrected chi connectivity index (χ3v) is 2.81. The highest BCUT2D eigenvalue weighted by molar-refractivity contribution is 14.1. The fraction of sp³-hybridized carbons (Fsp3) is 0.111. The lowest BCUT2D eigenvalue weighted by Gasteiger charge is -2.02. The van der Waals surface area contributed by atoms with Crippen molar-refractivity contribution in [2.75, 3.05) is 0 Å². The van der Waals surface area contributed by atoms with Crippen LogP contribution in [0.15, 0.2) is 12.1 Å². The van der Waals surface area contributed by atoms with E-state index in [2.05, 4.69) is 22.6 Å². The summed E-state index contributed by atoms with van der Waals surface area (Å²) >= 11 is 2.07. The van der Waals surface area contributed by atoms with E-state index in [1.165, 1.54) is 6.07 Å². The van der Waals surface area contributed by atoms with E-state index in [9.17, 15) is 4.79 Å². The summed E-state index contributed by atoms with van der Waals surface area (Å²) in [5.74, 6) is -1.06. The molecule has 0 amide bonds. The van der Waals surface area contributed by atoms with Crippen LogP contribution in [0.5, 0.6) is 0 Å². The average Bonchev–Trinajstić information content (AvgIpc) is 2.08. The van der Waals surface area contributed by atoms with Crippen LogP contribution in [0, 0.1) is 21.8 Å². The van der Waals surface area contributed by atoms with Crippen LogP contribution in [0.1, 0.15) is 21.5 Å². The van der Waals surface area contributed by atoms with E-state index in [0.29, 0.717) is 0 Å². The largest absolute Gasteiger partial charge is 0.478 e. The predicted octanol–water partition coefficient (Wildman–Crippen LogP) is 2.17. The van der Waals surface area contributed by atoms with Crippen molar-refractivity contribution < 1.29 is 9.90 Å². The number of carbonyl (C=O) groups is 1. The Kier molecular flexibility index (Phi) is 2.88. The van der Waals surface area contributed by atoms with Gasteiger partial charge in [-0.05, 0) is 47.2 Å². The molecule has 0 unspecified atom stereocenters. The molecule has 66 valence electrons. The summed E-state index contributed by atoms with van der Waals surface area (Å²) in [6, 6.07) is 4.96. The normalized spacial score (nSPS) is 9.31. The molecule has 0 aliphatic heterocycles. The molecule has 0 fully saturated rings. The van der Waals surface area contributed by atoms with Gasteiger partial charge in [0.05, 0.1) is 11.1 Å². The molecular weight excluding hydrogens is 281 g/mol. The Labute approximate surface area is 89.1 Å². The number of aromatic carboxylic acids is 1. The van der Waals surface area contributed by atoms with Gasteiger partial charge in [0.15, 0.2) is 0 Å². The molecule has 0 bridgehead atoms. The van der Waals surface area contributed by atoms with Crippen LogP contribution in [0.3, 0.4) is 0 Å². The molecule has 0 aliphatic carbocycles. The second-order valence-corrected chi connectivity index (χ2v) is 3.73. The molecule has 0 aliphatic rings. The summed E-state index contributed by atoms with van der Waals surface area (Å²) in [6.45, 7) is 1.81. The van der Waals surface area contributed by atoms with Gasteiger partial charge in [-0.3, -0.25) is 0 Å². The van der Waals surface area contributed by atoms with Gasteiger partial charge in [-0.25, -0.2) is 4.79 Å². The van der Waals surface area contributed by atoms with E-state index in [4.69, 9.17) is 10.4 Å². The first-order valence-corrected chi connectivity index (χ1v) is 4.57. The van der Waals surface area contributed by atoms with Crippen molar-refractivity contribution in [3.63, 3.8) is 0 Å². The van der Waals surface area contributed by atoms with Crippen LogP contribution >= 0.6 is 22.6 Å². The summed E-state index contributed by atoms with van der Waals surface area (Å²) < 4.78 is 0.902. The number of halogens is 1. The average molecular weight is 287 g/mol. The molecule has 3 nitrogen and oxygen atoms in total. The van der Waals surface area contributed by atoms with Crippen molar-refractivity contribution in [3.05, 3.63) is 32.4 Å². The maximum absolute atomic E-state index is 10.7. The predicted molar refractivity (Wildman–Crippen MR) is 55.6 cm³/mol. The Bertz CT molecular complexity index is 407. The summed E-state index contributed by atoms with van der Waals surface area (Å²) in [4.78, 5) is 10.7. The molecule has 0 spiro atoms. The van der Waals surface area contributed by atoms with Gasteiger partial charge < -0.3 is 5.11 Å². The summed E-state index contributed by atoms with van der Waals surface area (Å²) in [6.07, 6.45) is 0. The highest BCUT2D eigenvalue weighted by Gasteiger charge is 2.11. The zero-order valence-electron chi connectivity index (χ0n) is 6.84. The Morgan fingerprint density at radius 2 is 2.23 bits per heavy atom. The molecule has 0 atom stereocenters. The van der Waals surface area contributed by atoms with E-state index in [1.54, 1.807) is 6.07 Å². The molecule has 0 heterocycles. The lowest BCUT2D eigenvalue weighted by molar-refractivity contribution is 0.0696. The molecule has 13 heavy (non-hydrogen) atoms. The van der Waals surface area contributed by atoms with Crippen LogP contribution in [-0.2, 0) is 0 Å². The maximum atomic E-state index is 10.7. The van der Waals surface area contributed by atoms with E-state index >= 15 is 0 Å². The van der Waals surface area contributed by atoms with E-state index in [1.807, 2.05) is 13.0 Å². The van der Waals surface area contributed by atoms with Gasteiger partial charge in [-0.1, -0.05) is 0 Å². The Morgan fingerprint density at radius 3 is 2.69 bits per heavy atom. The molecular formula is C9H6INO2. The van der Waals surface area contributed by atoms with Gasteiger partial charge in [-0.2, -0.15) is 5.26 Å². The lowest BCUT2D eigenvalue weighted by Crippen LogP contribution is -2.01. The first kappa shape index (κ1) is 9.99. The van der Waals surface area contributed by atoms with Gasteiger partial charge in [0.2, 0.25) is 0 Å². The van der Waals surface area contributed by atoms with Crippen molar-refractivity contribution in [2.24, 2.45) is 0 Å². The van der Waals surface area contributed by atoms with Gasteiger partial charge in [0.1, 0.15) is 6.07 Å². The third-order valence-electron chi connectivity index (χ3n) is 1.65. The molecule has 4 heteroatoms. The number of aryl methyl sites for hydroxylation is 1. The molecule has 0 radical (unpaired) electrons. The smallest absolute Gasteiger partial charge is 0.337 e. The standard InChI is InChI=1S/C9H6INO2/c1-5-2-7(9(12)13)6(4-11)3-8(5)10/h2-3H,1H3,(H,12,13). The lowest BCUT2D eigenvalue weighted by atomic mass is 10.1. The fourth-order valence-electron chi connectivity index (χ4n) is 0.951. The van der Waals surface area contributed by atoms with Crippen molar-refractivity contribution in [1.82, 2.24) is 0 Å². The topological polar surface area (TPSA) is 61.1 Å². The minimum atomic E-state index is -1.06. The molecule has 1 N–H and O–H groups in total. The highest BCUT2D eigenvalue weighted by Crippen LogP contribution is 2.17. The van der Waals surface area contributed by atoms with Crippen LogP contribution < -0.4 is 0 Å². The van der Waals surface area contributed by atoms with Crippen LogP contribution in [0.2, 0.25) is 0 Å². The van der Waals surface area contributed by atoms with Gasteiger partial charge in [0.25, 0.3) is 0 Å². The number of hydrogen-bond acceptors (Lipinski definition) is 2. The second kappa shape index (κ2) is 3.75. The molecule has 1 aromatic rings. The first-order valence-electron chi connectivity index (χ1n) is 3.50. The zero-order chi connectivity index (χ0) is 10.0. The highest BCUT2D eigenvalue weighted by atomic mass is 127. The number of nitrogens with zero attached hydrogens (tertiary/aromatic N) is 1. The van der Waals surface area contributed by atoms with E-state index < -0.39 is 5.97 Å². The van der Waals surface area contributed by atoms with Gasteiger partial charge in [0, 0.05) is 3.57 Å². The second-order valence-electron chi connectivity index (χ2n) is 2.56. The number of hydrogen-bond donors (Lipinski definition) is 1. The van der Waals surface area contributed by atoms with Gasteiger partial charge in [-0.15, -0.1) is 0 Å². The number of carboxylic acids is 1. The minimum absolute atomic E-state index is 0.0698. The maximum Gasteiger partial charge on any atom is 0.337 e. The molecule has 0 saturated carbocycles. The number of nitriles is 1. The van der Waals surface area contributed by atoms with Crippen LogP contribution in [-0.4, -0.2) is 11.1 Å². The Hall–Kier alpha value is -1.09. The van der Waals surface area contributed by atoms with Crippen molar-refractivity contribution in [1.29, 1.82) is 5.26 Å². The number of benzene rings is 1. The van der Waals surface area contributed by atoms with E-state index in [-0.39, 0.29) is 11.1 Å². The number of carboxylic acid groups (broad SMARTS) is 1. The third kappa shape index (κ3) is 1.98. The Morgan fingerprint density at radius 1 is 1.62 bits per heavy atom. The van der Waals surface area contributed by atoms with Crippen molar-refractivity contribution >= 4 is 28.6 Å². The van der Waals surface area contributed by atoms with Gasteiger partial charge >= 0.3 is 5.97 Å². The quantitative estimate of drug-likeness (QED) is 0.805. The first-order chi connectivity index (χ1) is 6.06. The van der Waals surface area contributed by atoms with Crippen molar-refractivity contribution in [3.8, 4) is 6.07 Å². The summed E-state index contributed by atoms with van der Waals surface area (Å²) in [7, 11) is 0. The van der Waals surface area contributed by atoms with E-state index in [0.717, 1.165) is 9.13 Å². The molecule has 0 saturated heterocycles. The molecule has 0 aromatic heterocycles. The Balaban J connectivity index is 3.44. The fourth-order valence-corrected chi connectivity index (χ4v) is 1.42. The summed E-state index contributed by atoms with van der Waals surface area (Å²) in [5.41, 5.74) is 1.15. The monoisotopic (exact) mass is 287 g/mol. The minimum Gasteiger partial charge on any atom is -0.478 e. The zero-order valence-corrected chi connectivity index (χ0v) is 8.99. The van der Waals surface area contributed by atoms with Crippen LogP contribution in [0.25, 0.3) is 0 Å². The SMILES string of the molecule is Cc1cc(C(=O)O)c(C#N)cc1I. The van der Waals surface area contributed by atoms with Crippen molar-refractivity contribution in [2.45, 2.75) is 6.92 Å².